The Morgan fingerprint density at radius 2 is 1.78 bits per heavy atom. The first-order valence-corrected chi connectivity index (χ1v) is 17.1. The number of nitrogens with one attached hydrogen (secondary N) is 2. The van der Waals surface area contributed by atoms with Gasteiger partial charge in [0.25, 0.3) is 0 Å². The van der Waals surface area contributed by atoms with Crippen LogP contribution in [-0.2, 0) is 17.8 Å². The first-order chi connectivity index (χ1) is 22.0. The molecule has 1 fully saturated rings. The highest BCUT2D eigenvalue weighted by Gasteiger charge is 2.28. The van der Waals surface area contributed by atoms with Crippen molar-refractivity contribution in [3.63, 3.8) is 0 Å². The molecule has 0 spiro atoms. The molecule has 0 saturated carbocycles. The van der Waals surface area contributed by atoms with Crippen molar-refractivity contribution < 1.29 is 19.0 Å². The Balaban J connectivity index is 1.28. The third-order valence-corrected chi connectivity index (χ3v) is 9.60. The summed E-state index contributed by atoms with van der Waals surface area (Å²) in [6, 6.07) is 16.9. The fourth-order valence-corrected chi connectivity index (χ4v) is 6.56. The van der Waals surface area contributed by atoms with E-state index in [1.807, 2.05) is 19.1 Å². The average molecular weight is 648 g/mol. The number of rotatable bonds is 14. The fraction of sp³-hybridized carbons (Fsp3) is 0.500. The molecular weight excluding hydrogens is 598 g/mol. The number of carbonyl (C=O) groups excluding carboxylic acids is 1. The Kier molecular flexibility index (Phi) is 11.2. The van der Waals surface area contributed by atoms with Crippen LogP contribution in [0.5, 0.6) is 17.2 Å². The number of ether oxygens (including phenoxy) is 3. The predicted octanol–water partition coefficient (Wildman–Crippen LogP) is 7.65. The molecule has 3 aromatic carbocycles. The van der Waals surface area contributed by atoms with Crippen LogP contribution in [0.15, 0.2) is 48.5 Å². The van der Waals surface area contributed by atoms with Crippen molar-refractivity contribution in [1.29, 1.82) is 0 Å². The molecule has 0 aromatic heterocycles. The lowest BCUT2D eigenvalue weighted by atomic mass is 9.93. The average Bonchev–Trinajstić information content (AvgIpc) is 3.63. The highest BCUT2D eigenvalue weighted by atomic mass is 35.5. The topological polar surface area (TPSA) is 72.1 Å². The van der Waals surface area contributed by atoms with Gasteiger partial charge < -0.3 is 29.7 Å². The Morgan fingerprint density at radius 1 is 1.00 bits per heavy atom. The van der Waals surface area contributed by atoms with Crippen LogP contribution in [-0.4, -0.2) is 55.7 Å². The molecule has 0 radical (unpaired) electrons. The van der Waals surface area contributed by atoms with E-state index < -0.39 is 0 Å². The van der Waals surface area contributed by atoms with Crippen LogP contribution >= 0.6 is 11.6 Å². The van der Waals surface area contributed by atoms with Gasteiger partial charge in [0.15, 0.2) is 0 Å². The number of fused-ring (bicyclic) bond motifs is 1. The summed E-state index contributed by atoms with van der Waals surface area (Å²) in [6.07, 6.45) is 4.13. The number of halogens is 1. The molecule has 248 valence electrons. The molecule has 1 saturated heterocycles. The highest BCUT2D eigenvalue weighted by Crippen LogP contribution is 2.44. The number of nitrogens with zero attached hydrogens (tertiary/aromatic N) is 1. The second-order valence-electron chi connectivity index (χ2n) is 13.5. The molecule has 2 aliphatic rings. The maximum absolute atomic E-state index is 11.5. The van der Waals surface area contributed by atoms with Crippen LogP contribution < -0.4 is 24.8 Å². The van der Waals surface area contributed by atoms with Crippen LogP contribution in [0.2, 0.25) is 5.02 Å². The van der Waals surface area contributed by atoms with Gasteiger partial charge in [0.05, 0.1) is 18.2 Å². The van der Waals surface area contributed by atoms with E-state index in [4.69, 9.17) is 25.8 Å². The van der Waals surface area contributed by atoms with E-state index >= 15 is 0 Å². The molecule has 1 aliphatic heterocycles. The normalized spacial score (nSPS) is 17.7. The SMILES string of the molecule is CCOc1cc(O[C@H]2CCc3c(-c4cccc(OCCCN(C)C(C)(C)C)c4C)cccc32)c(Cl)cc1CNCC1CCC(=O)N1. The van der Waals surface area contributed by atoms with Gasteiger partial charge >= 0.3 is 0 Å². The summed E-state index contributed by atoms with van der Waals surface area (Å²) in [6.45, 7) is 14.4. The fourth-order valence-electron chi connectivity index (χ4n) is 6.33. The number of hydrogen-bond donors (Lipinski definition) is 2. The third kappa shape index (κ3) is 8.17. The van der Waals surface area contributed by atoms with E-state index in [-0.39, 0.29) is 23.6 Å². The molecule has 1 unspecified atom stereocenters. The van der Waals surface area contributed by atoms with Crippen LogP contribution in [0.3, 0.4) is 0 Å². The number of amides is 1. The van der Waals surface area contributed by atoms with Gasteiger partial charge in [0, 0.05) is 49.3 Å². The highest BCUT2D eigenvalue weighted by molar-refractivity contribution is 6.32. The molecule has 5 rings (SSSR count). The standard InChI is InChI=1S/C38H50ClN3O4/c1-7-44-35-22-36(32(39)21-26(35)23-40-24-27-15-18-37(43)41-27)46-34-17-16-30-29(12-8-13-31(30)34)28-11-9-14-33(25(28)2)45-20-10-19-42(6)38(3,4)5/h8-9,11-14,21-22,27,34,40H,7,10,15-20,23-24H2,1-6H3,(H,41,43)/t27?,34-/m0/s1. The summed E-state index contributed by atoms with van der Waals surface area (Å²) in [5.74, 6) is 2.45. The summed E-state index contributed by atoms with van der Waals surface area (Å²) < 4.78 is 18.9. The second-order valence-corrected chi connectivity index (χ2v) is 13.9. The van der Waals surface area contributed by atoms with E-state index in [0.29, 0.717) is 43.5 Å². The van der Waals surface area contributed by atoms with Crippen molar-refractivity contribution in [3.05, 3.63) is 75.8 Å². The Hall–Kier alpha value is -3.26. The Morgan fingerprint density at radius 3 is 2.52 bits per heavy atom. The number of benzene rings is 3. The quantitative estimate of drug-likeness (QED) is 0.175. The Bertz CT molecular complexity index is 1520. The van der Waals surface area contributed by atoms with Crippen LogP contribution in [0, 0.1) is 6.92 Å². The second kappa shape index (κ2) is 15.1. The van der Waals surface area contributed by atoms with Crippen molar-refractivity contribution in [2.75, 3.05) is 33.4 Å². The van der Waals surface area contributed by atoms with Crippen LogP contribution in [0.1, 0.15) is 81.7 Å². The largest absolute Gasteiger partial charge is 0.493 e. The van der Waals surface area contributed by atoms with Crippen molar-refractivity contribution >= 4 is 17.5 Å². The summed E-state index contributed by atoms with van der Waals surface area (Å²) >= 11 is 6.81. The van der Waals surface area contributed by atoms with Gasteiger partial charge in [-0.2, -0.15) is 0 Å². The van der Waals surface area contributed by atoms with Gasteiger partial charge in [0.2, 0.25) is 5.91 Å². The molecule has 2 atom stereocenters. The lowest BCUT2D eigenvalue weighted by Gasteiger charge is -2.31. The number of carbonyl (C=O) groups is 1. The van der Waals surface area contributed by atoms with E-state index in [1.165, 1.54) is 22.3 Å². The van der Waals surface area contributed by atoms with E-state index in [9.17, 15) is 4.79 Å². The van der Waals surface area contributed by atoms with Gasteiger partial charge in [-0.15, -0.1) is 0 Å². The predicted molar refractivity (Wildman–Crippen MR) is 186 cm³/mol. The monoisotopic (exact) mass is 647 g/mol. The van der Waals surface area contributed by atoms with E-state index in [2.05, 4.69) is 86.7 Å². The molecule has 2 N–H and O–H groups in total. The molecule has 46 heavy (non-hydrogen) atoms. The van der Waals surface area contributed by atoms with Crippen molar-refractivity contribution in [1.82, 2.24) is 15.5 Å². The lowest BCUT2D eigenvalue weighted by molar-refractivity contribution is -0.119. The van der Waals surface area contributed by atoms with Crippen molar-refractivity contribution in [3.8, 4) is 28.4 Å². The molecule has 3 aromatic rings. The summed E-state index contributed by atoms with van der Waals surface area (Å²) in [4.78, 5) is 13.9. The molecular formula is C38H50ClN3O4. The van der Waals surface area contributed by atoms with E-state index in [1.54, 1.807) is 0 Å². The maximum Gasteiger partial charge on any atom is 0.220 e. The Labute approximate surface area is 279 Å². The van der Waals surface area contributed by atoms with Gasteiger partial charge in [-0.25, -0.2) is 0 Å². The number of hydrogen-bond acceptors (Lipinski definition) is 6. The zero-order valence-electron chi connectivity index (χ0n) is 28.3. The summed E-state index contributed by atoms with van der Waals surface area (Å²) in [7, 11) is 2.17. The molecule has 0 bridgehead atoms. The summed E-state index contributed by atoms with van der Waals surface area (Å²) in [5, 5.41) is 7.01. The van der Waals surface area contributed by atoms with Gasteiger partial charge in [-0.1, -0.05) is 41.9 Å². The van der Waals surface area contributed by atoms with Crippen LogP contribution in [0.25, 0.3) is 11.1 Å². The molecule has 7 nitrogen and oxygen atoms in total. The third-order valence-electron chi connectivity index (χ3n) is 9.31. The maximum atomic E-state index is 11.5. The minimum absolute atomic E-state index is 0.101. The summed E-state index contributed by atoms with van der Waals surface area (Å²) in [5.41, 5.74) is 7.24. The minimum atomic E-state index is -0.101. The molecule has 8 heteroatoms. The molecule has 1 amide bonds. The van der Waals surface area contributed by atoms with Gasteiger partial charge in [-0.3, -0.25) is 4.79 Å². The molecule has 1 heterocycles. The smallest absolute Gasteiger partial charge is 0.220 e. The first-order valence-electron chi connectivity index (χ1n) is 16.7. The van der Waals surface area contributed by atoms with E-state index in [0.717, 1.165) is 54.9 Å². The van der Waals surface area contributed by atoms with Gasteiger partial charge in [-0.05, 0) is 107 Å². The van der Waals surface area contributed by atoms with Crippen LogP contribution in [0.4, 0.5) is 0 Å². The van der Waals surface area contributed by atoms with Gasteiger partial charge in [0.1, 0.15) is 23.4 Å². The van der Waals surface area contributed by atoms with Crippen molar-refractivity contribution in [2.24, 2.45) is 0 Å². The van der Waals surface area contributed by atoms with Crippen molar-refractivity contribution in [2.45, 2.75) is 91.0 Å². The first kappa shape index (κ1) is 34.1. The minimum Gasteiger partial charge on any atom is -0.493 e. The zero-order valence-corrected chi connectivity index (χ0v) is 29.1. The molecule has 1 aliphatic carbocycles. The zero-order chi connectivity index (χ0) is 32.8. The lowest BCUT2D eigenvalue weighted by Crippen LogP contribution is -2.39.